The summed E-state index contributed by atoms with van der Waals surface area (Å²) < 4.78 is 6.96. The van der Waals surface area contributed by atoms with Crippen LogP contribution in [0.25, 0.3) is 11.3 Å². The van der Waals surface area contributed by atoms with E-state index in [1.54, 1.807) is 24.3 Å². The number of primary amides is 1. The summed E-state index contributed by atoms with van der Waals surface area (Å²) in [7, 11) is 0. The number of fused-ring (bicyclic) bond motifs is 1. The van der Waals surface area contributed by atoms with Crippen molar-refractivity contribution in [1.29, 1.82) is 0 Å². The van der Waals surface area contributed by atoms with E-state index in [0.717, 1.165) is 5.56 Å². The predicted octanol–water partition coefficient (Wildman–Crippen LogP) is 2.65. The molecule has 1 atom stereocenters. The number of carboxylic acids is 1. The van der Waals surface area contributed by atoms with Gasteiger partial charge in [-0.05, 0) is 29.8 Å². The van der Waals surface area contributed by atoms with Crippen molar-refractivity contribution in [2.75, 3.05) is 18.5 Å². The molecular weight excluding hydrogens is 448 g/mol. The zero-order valence-corrected chi connectivity index (χ0v) is 18.1. The first-order valence-corrected chi connectivity index (χ1v) is 10.5. The number of carboxylic acid groups (broad SMARTS) is 1. The van der Waals surface area contributed by atoms with Gasteiger partial charge in [0.15, 0.2) is 6.61 Å². The van der Waals surface area contributed by atoms with Crippen LogP contribution >= 0.6 is 11.6 Å². The molecule has 2 amide bonds. The first-order valence-electron chi connectivity index (χ1n) is 10.1. The van der Waals surface area contributed by atoms with Crippen LogP contribution in [0, 0.1) is 0 Å². The normalized spacial score (nSPS) is 14.9. The zero-order valence-electron chi connectivity index (χ0n) is 17.4. The van der Waals surface area contributed by atoms with Gasteiger partial charge in [0.1, 0.15) is 11.8 Å². The second kappa shape index (κ2) is 9.35. The van der Waals surface area contributed by atoms with Gasteiger partial charge in [-0.3, -0.25) is 14.9 Å². The maximum atomic E-state index is 13.2. The molecule has 1 aliphatic heterocycles. The van der Waals surface area contributed by atoms with Crippen LogP contribution in [0.5, 0.6) is 5.75 Å². The number of aliphatic carboxylic acids is 1. The molecule has 9 nitrogen and oxygen atoms in total. The highest BCUT2D eigenvalue weighted by Crippen LogP contribution is 2.39. The molecule has 0 radical (unpaired) electrons. The van der Waals surface area contributed by atoms with E-state index in [0.29, 0.717) is 35.9 Å². The third-order valence-corrected chi connectivity index (χ3v) is 5.61. The molecular formula is C23H21ClN4O5. The SMILES string of the molecule is NC(=O)c1c(Cl)c(-c2ccccc2)n2c1C(C(=O)Nc1ccc(OCC(=O)O)cc1)NCC2. The summed E-state index contributed by atoms with van der Waals surface area (Å²) in [6.45, 7) is 0.525. The van der Waals surface area contributed by atoms with Crippen molar-refractivity contribution in [2.24, 2.45) is 5.73 Å². The van der Waals surface area contributed by atoms with Gasteiger partial charge < -0.3 is 25.5 Å². The van der Waals surface area contributed by atoms with Gasteiger partial charge >= 0.3 is 5.97 Å². The Kier molecular flexibility index (Phi) is 6.34. The fraction of sp³-hybridized carbons (Fsp3) is 0.174. The minimum atomic E-state index is -1.09. The Labute approximate surface area is 194 Å². The Balaban J connectivity index is 1.64. The van der Waals surface area contributed by atoms with Gasteiger partial charge in [-0.2, -0.15) is 0 Å². The molecule has 4 rings (SSSR count). The van der Waals surface area contributed by atoms with Crippen LogP contribution in [0.15, 0.2) is 54.6 Å². The molecule has 3 aromatic rings. The summed E-state index contributed by atoms with van der Waals surface area (Å²) in [5.74, 6) is -1.84. The average molecular weight is 469 g/mol. The number of ether oxygens (including phenoxy) is 1. The van der Waals surface area contributed by atoms with Crippen molar-refractivity contribution >= 4 is 35.1 Å². The van der Waals surface area contributed by atoms with Crippen molar-refractivity contribution in [2.45, 2.75) is 12.6 Å². The summed E-state index contributed by atoms with van der Waals surface area (Å²) in [5.41, 5.74) is 8.11. The molecule has 170 valence electrons. The molecule has 1 aromatic heterocycles. The van der Waals surface area contributed by atoms with Crippen molar-refractivity contribution in [1.82, 2.24) is 9.88 Å². The minimum Gasteiger partial charge on any atom is -0.482 e. The van der Waals surface area contributed by atoms with Gasteiger partial charge in [-0.25, -0.2) is 4.79 Å². The van der Waals surface area contributed by atoms with Crippen LogP contribution in [0.1, 0.15) is 22.1 Å². The standard InChI is InChI=1S/C23H21ClN4O5/c24-18-17(22(25)31)21-19(26-10-11-28(21)20(18)13-4-2-1-3-5-13)23(32)27-14-6-8-15(9-7-14)33-12-16(29)30/h1-9,19,26H,10-12H2,(H2,25,31)(H,27,32)(H,29,30). The van der Waals surface area contributed by atoms with Gasteiger partial charge in [-0.15, -0.1) is 0 Å². The molecule has 2 heterocycles. The molecule has 1 aliphatic rings. The second-order valence-corrected chi connectivity index (χ2v) is 7.77. The number of halogens is 1. The molecule has 1 unspecified atom stereocenters. The third-order valence-electron chi connectivity index (χ3n) is 5.24. The Morgan fingerprint density at radius 2 is 1.85 bits per heavy atom. The van der Waals surface area contributed by atoms with Gasteiger partial charge in [-0.1, -0.05) is 41.9 Å². The molecule has 0 aliphatic carbocycles. The van der Waals surface area contributed by atoms with Crippen molar-refractivity contribution in [3.05, 3.63) is 70.9 Å². The van der Waals surface area contributed by atoms with Crippen LogP contribution < -0.4 is 21.1 Å². The molecule has 0 bridgehead atoms. The van der Waals surface area contributed by atoms with E-state index in [-0.39, 0.29) is 10.6 Å². The van der Waals surface area contributed by atoms with Crippen LogP contribution in [0.3, 0.4) is 0 Å². The molecule has 10 heteroatoms. The predicted molar refractivity (Wildman–Crippen MR) is 122 cm³/mol. The maximum absolute atomic E-state index is 13.2. The number of hydrogen-bond acceptors (Lipinski definition) is 5. The lowest BCUT2D eigenvalue weighted by atomic mass is 10.1. The monoisotopic (exact) mass is 468 g/mol. The smallest absolute Gasteiger partial charge is 0.341 e. The van der Waals surface area contributed by atoms with Crippen molar-refractivity contribution < 1.29 is 24.2 Å². The lowest BCUT2D eigenvalue weighted by molar-refractivity contribution is -0.139. The maximum Gasteiger partial charge on any atom is 0.341 e. The number of anilines is 1. The topological polar surface area (TPSA) is 136 Å². The molecule has 2 aromatic carbocycles. The number of rotatable bonds is 7. The summed E-state index contributed by atoms with van der Waals surface area (Å²) in [4.78, 5) is 36.1. The highest BCUT2D eigenvalue weighted by molar-refractivity contribution is 6.36. The summed E-state index contributed by atoms with van der Waals surface area (Å²) in [6, 6.07) is 14.8. The Bertz CT molecular complexity index is 1210. The van der Waals surface area contributed by atoms with Gasteiger partial charge in [0, 0.05) is 18.8 Å². The number of aromatic nitrogens is 1. The second-order valence-electron chi connectivity index (χ2n) is 7.39. The minimum absolute atomic E-state index is 0.111. The molecule has 0 saturated heterocycles. The molecule has 5 N–H and O–H groups in total. The van der Waals surface area contributed by atoms with E-state index in [1.807, 2.05) is 34.9 Å². The van der Waals surface area contributed by atoms with Crippen LogP contribution in [-0.4, -0.2) is 40.6 Å². The summed E-state index contributed by atoms with van der Waals surface area (Å²) >= 11 is 6.61. The largest absolute Gasteiger partial charge is 0.482 e. The number of carbonyl (C=O) groups is 3. The first kappa shape index (κ1) is 22.4. The fourth-order valence-electron chi connectivity index (χ4n) is 3.88. The molecule has 0 fully saturated rings. The number of benzene rings is 2. The van der Waals surface area contributed by atoms with Crippen molar-refractivity contribution in [3.8, 4) is 17.0 Å². The highest BCUT2D eigenvalue weighted by Gasteiger charge is 2.36. The highest BCUT2D eigenvalue weighted by atomic mass is 35.5. The molecule has 0 spiro atoms. The lowest BCUT2D eigenvalue weighted by Gasteiger charge is -2.27. The number of nitrogens with zero attached hydrogens (tertiary/aromatic N) is 1. The van der Waals surface area contributed by atoms with E-state index in [9.17, 15) is 14.4 Å². The van der Waals surface area contributed by atoms with E-state index in [1.165, 1.54) is 0 Å². The Morgan fingerprint density at radius 3 is 2.48 bits per heavy atom. The molecule has 0 saturated carbocycles. The van der Waals surface area contributed by atoms with Gasteiger partial charge in [0.05, 0.1) is 22.0 Å². The number of nitrogens with one attached hydrogen (secondary N) is 2. The van der Waals surface area contributed by atoms with Crippen LogP contribution in [-0.2, 0) is 16.1 Å². The summed E-state index contributed by atoms with van der Waals surface area (Å²) in [6.07, 6.45) is 0. The number of nitrogens with two attached hydrogens (primary N) is 1. The number of hydrogen-bond donors (Lipinski definition) is 4. The zero-order chi connectivity index (χ0) is 23.5. The van der Waals surface area contributed by atoms with Crippen LogP contribution in [0.2, 0.25) is 5.02 Å². The summed E-state index contributed by atoms with van der Waals surface area (Å²) in [5, 5.41) is 14.8. The average Bonchev–Trinajstić information content (AvgIpc) is 3.11. The number of carbonyl (C=O) groups excluding carboxylic acids is 2. The van der Waals surface area contributed by atoms with E-state index < -0.39 is 30.4 Å². The molecule has 33 heavy (non-hydrogen) atoms. The first-order chi connectivity index (χ1) is 15.9. The van der Waals surface area contributed by atoms with E-state index in [4.69, 9.17) is 27.2 Å². The van der Waals surface area contributed by atoms with Gasteiger partial charge in [0.2, 0.25) is 5.91 Å². The fourth-order valence-corrected chi connectivity index (χ4v) is 4.28. The van der Waals surface area contributed by atoms with Crippen molar-refractivity contribution in [3.63, 3.8) is 0 Å². The van der Waals surface area contributed by atoms with E-state index in [2.05, 4.69) is 10.6 Å². The third kappa shape index (κ3) is 4.55. The number of amides is 2. The Morgan fingerprint density at radius 1 is 1.15 bits per heavy atom. The quantitative estimate of drug-likeness (QED) is 0.421. The Hall–Kier alpha value is -3.82. The van der Waals surface area contributed by atoms with Gasteiger partial charge in [0.25, 0.3) is 5.91 Å². The van der Waals surface area contributed by atoms with E-state index >= 15 is 0 Å². The van der Waals surface area contributed by atoms with Crippen LogP contribution in [0.4, 0.5) is 5.69 Å². The lowest BCUT2D eigenvalue weighted by Crippen LogP contribution is -2.41.